The van der Waals surface area contributed by atoms with Gasteiger partial charge < -0.3 is 14.3 Å². The molecule has 2 atom stereocenters. The normalized spacial score (nSPS) is 37.6. The van der Waals surface area contributed by atoms with E-state index in [0.717, 1.165) is 0 Å². The zero-order chi connectivity index (χ0) is 13.0. The second-order valence-corrected chi connectivity index (χ2v) is 9.34. The van der Waals surface area contributed by atoms with E-state index in [1.165, 1.54) is 7.11 Å². The van der Waals surface area contributed by atoms with Crippen LogP contribution in [0, 0.1) is 5.41 Å². The molecule has 0 spiro atoms. The summed E-state index contributed by atoms with van der Waals surface area (Å²) >= 11 is 0. The van der Waals surface area contributed by atoms with Crippen LogP contribution in [0.2, 0.25) is 0 Å². The smallest absolute Gasteiger partial charge is 0.323 e. The van der Waals surface area contributed by atoms with E-state index in [4.69, 9.17) is 9.05 Å². The van der Waals surface area contributed by atoms with Crippen LogP contribution < -0.4 is 0 Å². The summed E-state index contributed by atoms with van der Waals surface area (Å²) in [6.45, 7) is 6.50. The second-order valence-electron chi connectivity index (χ2n) is 5.01. The number of hydrogen-bond acceptors (Lipinski definition) is 4. The average molecular weight is 272 g/mol. The molecule has 0 aromatic heterocycles. The zero-order valence-corrected chi connectivity index (χ0v) is 11.8. The third-order valence-corrected chi connectivity index (χ3v) is 8.11. The van der Waals surface area contributed by atoms with Crippen LogP contribution in [0.3, 0.4) is 0 Å². The van der Waals surface area contributed by atoms with E-state index in [1.807, 2.05) is 0 Å². The van der Waals surface area contributed by atoms with Gasteiger partial charge in [-0.05, 0) is 13.8 Å². The molecule has 0 aromatic rings. The van der Waals surface area contributed by atoms with E-state index < -0.39 is 31.6 Å². The van der Waals surface area contributed by atoms with E-state index in [1.54, 1.807) is 27.7 Å². The third-order valence-electron chi connectivity index (χ3n) is 3.66. The van der Waals surface area contributed by atoms with Gasteiger partial charge in [0.15, 0.2) is 5.85 Å². The molecule has 2 N–H and O–H groups in total. The Morgan fingerprint density at radius 2 is 1.75 bits per heavy atom. The second kappa shape index (κ2) is 3.64. The van der Waals surface area contributed by atoms with Crippen LogP contribution in [0.1, 0.15) is 27.7 Å². The maximum absolute atomic E-state index is 12.3. The van der Waals surface area contributed by atoms with E-state index in [2.05, 4.69) is 0 Å². The first-order valence-electron chi connectivity index (χ1n) is 4.79. The Bertz CT molecular complexity index is 382. The van der Waals surface area contributed by atoms with Crippen molar-refractivity contribution in [1.29, 1.82) is 0 Å². The van der Waals surface area contributed by atoms with E-state index >= 15 is 0 Å². The lowest BCUT2D eigenvalue weighted by Crippen LogP contribution is -2.39. The van der Waals surface area contributed by atoms with Gasteiger partial charge >= 0.3 is 15.2 Å². The summed E-state index contributed by atoms with van der Waals surface area (Å²) in [7, 11) is -6.78. The van der Waals surface area contributed by atoms with Gasteiger partial charge in [0.25, 0.3) is 0 Å². The molecule has 1 saturated heterocycles. The van der Waals surface area contributed by atoms with Gasteiger partial charge in [0.2, 0.25) is 0 Å². The van der Waals surface area contributed by atoms with E-state index in [-0.39, 0.29) is 0 Å². The molecule has 0 radical (unpaired) electrons. The average Bonchev–Trinajstić information content (AvgIpc) is 2.23. The highest BCUT2D eigenvalue weighted by molar-refractivity contribution is 7.58. The van der Waals surface area contributed by atoms with E-state index in [9.17, 15) is 18.9 Å². The SMILES string of the molecule is COP1(=O)OC(P(=O)(O)O)C(C)(C)C1(C)C. The highest BCUT2D eigenvalue weighted by atomic mass is 31.2. The Balaban J connectivity index is 3.35. The molecule has 1 rings (SSSR count). The molecule has 0 aliphatic carbocycles. The summed E-state index contributed by atoms with van der Waals surface area (Å²) in [6.07, 6.45) is 0. The predicted octanol–water partition coefficient (Wildman–Crippen LogP) is 2.16. The zero-order valence-electron chi connectivity index (χ0n) is 10.00. The first kappa shape index (κ1) is 14.4. The Labute approximate surface area is 95.0 Å². The van der Waals surface area contributed by atoms with Crippen LogP contribution in [0.4, 0.5) is 0 Å². The van der Waals surface area contributed by atoms with Gasteiger partial charge in [-0.3, -0.25) is 13.7 Å². The van der Waals surface area contributed by atoms with Gasteiger partial charge in [0, 0.05) is 12.5 Å². The molecule has 96 valence electrons. The fourth-order valence-corrected chi connectivity index (χ4v) is 6.09. The molecule has 1 fully saturated rings. The quantitative estimate of drug-likeness (QED) is 0.748. The summed E-state index contributed by atoms with van der Waals surface area (Å²) in [6, 6.07) is 0. The highest BCUT2D eigenvalue weighted by Gasteiger charge is 2.68. The van der Waals surface area contributed by atoms with Crippen LogP contribution in [0.5, 0.6) is 0 Å². The van der Waals surface area contributed by atoms with Gasteiger partial charge in [-0.15, -0.1) is 0 Å². The summed E-state index contributed by atoms with van der Waals surface area (Å²) in [5, 5.41) is -0.958. The summed E-state index contributed by atoms with van der Waals surface area (Å²) in [4.78, 5) is 18.4. The van der Waals surface area contributed by atoms with Gasteiger partial charge in [-0.1, -0.05) is 13.8 Å². The number of hydrogen-bond donors (Lipinski definition) is 2. The lowest BCUT2D eigenvalue weighted by atomic mass is 9.81. The molecule has 0 bridgehead atoms. The lowest BCUT2D eigenvalue weighted by Gasteiger charge is -2.36. The standard InChI is InChI=1S/C8H18O6P2/c1-7(2)6(15(9,10)11)14-16(12,13-5)8(7,3)4/h6H,1-5H3,(H2,9,10,11). The monoisotopic (exact) mass is 272 g/mol. The maximum atomic E-state index is 12.3. The van der Waals surface area contributed by atoms with Crippen LogP contribution >= 0.6 is 15.2 Å². The van der Waals surface area contributed by atoms with Crippen molar-refractivity contribution in [2.75, 3.05) is 7.11 Å². The molecule has 6 nitrogen and oxygen atoms in total. The van der Waals surface area contributed by atoms with Crippen molar-refractivity contribution < 1.29 is 28.0 Å². The minimum atomic E-state index is -4.48. The van der Waals surface area contributed by atoms with E-state index in [0.29, 0.717) is 0 Å². The van der Waals surface area contributed by atoms with Crippen molar-refractivity contribution >= 4 is 15.2 Å². The molecule has 0 amide bonds. The van der Waals surface area contributed by atoms with Crippen molar-refractivity contribution in [3.05, 3.63) is 0 Å². The summed E-state index contributed by atoms with van der Waals surface area (Å²) in [5.74, 6) is -1.40. The van der Waals surface area contributed by atoms with Crippen molar-refractivity contribution in [3.8, 4) is 0 Å². The van der Waals surface area contributed by atoms with Crippen molar-refractivity contribution in [2.45, 2.75) is 38.7 Å². The van der Waals surface area contributed by atoms with Gasteiger partial charge in [-0.25, -0.2) is 0 Å². The predicted molar refractivity (Wildman–Crippen MR) is 59.4 cm³/mol. The molecule has 2 unspecified atom stereocenters. The Morgan fingerprint density at radius 3 is 1.94 bits per heavy atom. The summed E-state index contributed by atoms with van der Waals surface area (Å²) < 4.78 is 33.6. The van der Waals surface area contributed by atoms with Crippen LogP contribution in [0.25, 0.3) is 0 Å². The molecule has 16 heavy (non-hydrogen) atoms. The Morgan fingerprint density at radius 1 is 1.31 bits per heavy atom. The minimum absolute atomic E-state index is 0.947. The van der Waals surface area contributed by atoms with Crippen molar-refractivity contribution in [2.24, 2.45) is 5.41 Å². The number of rotatable bonds is 2. The van der Waals surface area contributed by atoms with Crippen LogP contribution in [-0.4, -0.2) is 27.9 Å². The van der Waals surface area contributed by atoms with Gasteiger partial charge in [-0.2, -0.15) is 0 Å². The lowest BCUT2D eigenvalue weighted by molar-refractivity contribution is 0.135. The summed E-state index contributed by atoms with van der Waals surface area (Å²) in [5.41, 5.74) is -0.947. The van der Waals surface area contributed by atoms with Crippen molar-refractivity contribution in [1.82, 2.24) is 0 Å². The molecule has 1 aliphatic rings. The molecular weight excluding hydrogens is 254 g/mol. The molecule has 1 aliphatic heterocycles. The fourth-order valence-electron chi connectivity index (χ4n) is 1.80. The molecule has 0 saturated carbocycles. The molecule has 8 heteroatoms. The largest absolute Gasteiger partial charge is 0.355 e. The first-order chi connectivity index (χ1) is 6.90. The van der Waals surface area contributed by atoms with Crippen LogP contribution in [-0.2, 0) is 18.2 Å². The Hall–Kier alpha value is 0.300. The van der Waals surface area contributed by atoms with Crippen LogP contribution in [0.15, 0.2) is 0 Å². The third kappa shape index (κ3) is 1.72. The van der Waals surface area contributed by atoms with Gasteiger partial charge in [0.05, 0.1) is 5.16 Å². The van der Waals surface area contributed by atoms with Crippen molar-refractivity contribution in [3.63, 3.8) is 0 Å². The molecule has 0 aromatic carbocycles. The topological polar surface area (TPSA) is 93.1 Å². The fraction of sp³-hybridized carbons (Fsp3) is 1.00. The Kier molecular flexibility index (Phi) is 3.27. The first-order valence-corrected chi connectivity index (χ1v) is 8.02. The molecular formula is C8H18O6P2. The highest BCUT2D eigenvalue weighted by Crippen LogP contribution is 2.78. The minimum Gasteiger partial charge on any atom is -0.323 e. The molecule has 1 heterocycles. The van der Waals surface area contributed by atoms with Gasteiger partial charge in [0.1, 0.15) is 0 Å². The maximum Gasteiger partial charge on any atom is 0.355 e.